The van der Waals surface area contributed by atoms with Gasteiger partial charge in [0.25, 0.3) is 0 Å². The largest absolute Gasteiger partial charge is 0.394 e. The molecule has 2 fully saturated rings. The number of aliphatic hydroxyl groups excluding tert-OH is 7. The molecule has 2 heterocycles. The minimum atomic E-state index is -1.75. The molecule has 13 heteroatoms. The Labute approximate surface area is 141 Å². The van der Waals surface area contributed by atoms with Gasteiger partial charge in [0.2, 0.25) is 0 Å². The van der Waals surface area contributed by atoms with E-state index in [-0.39, 0.29) is 6.54 Å². The molecule has 0 aromatic heterocycles. The Morgan fingerprint density at radius 3 is 1.76 bits per heavy atom. The number of hydrogen-bond donors (Lipinski definition) is 7. The number of nitrogens with zero attached hydrogens (tertiary/aromatic N) is 3. The van der Waals surface area contributed by atoms with Crippen LogP contribution in [0.1, 0.15) is 0 Å². The van der Waals surface area contributed by atoms with Crippen LogP contribution in [0.4, 0.5) is 0 Å². The van der Waals surface area contributed by atoms with Crippen molar-refractivity contribution in [2.24, 2.45) is 5.11 Å². The Hall–Kier alpha value is -1.09. The Balaban J connectivity index is 2.09. The first-order valence-corrected chi connectivity index (χ1v) is 7.48. The number of azide groups is 1. The minimum Gasteiger partial charge on any atom is -0.394 e. The first-order chi connectivity index (χ1) is 11.8. The van der Waals surface area contributed by atoms with E-state index in [4.69, 9.17) is 24.8 Å². The van der Waals surface area contributed by atoms with Gasteiger partial charge in [0.05, 0.1) is 19.3 Å². The van der Waals surface area contributed by atoms with Crippen LogP contribution < -0.4 is 0 Å². The van der Waals surface area contributed by atoms with Crippen LogP contribution in [0.15, 0.2) is 5.11 Å². The zero-order valence-electron chi connectivity index (χ0n) is 12.9. The van der Waals surface area contributed by atoms with E-state index >= 15 is 0 Å². The van der Waals surface area contributed by atoms with E-state index in [2.05, 4.69) is 10.0 Å². The zero-order chi connectivity index (χ0) is 18.7. The van der Waals surface area contributed by atoms with Crippen molar-refractivity contribution in [3.63, 3.8) is 0 Å². The lowest BCUT2D eigenvalue weighted by molar-refractivity contribution is -0.374. The fourth-order valence-corrected chi connectivity index (χ4v) is 2.61. The summed E-state index contributed by atoms with van der Waals surface area (Å²) in [6.45, 7) is -1.05. The van der Waals surface area contributed by atoms with Gasteiger partial charge in [-0.15, -0.1) is 0 Å². The molecule has 2 aliphatic heterocycles. The maximum absolute atomic E-state index is 9.95. The second kappa shape index (κ2) is 8.53. The van der Waals surface area contributed by atoms with E-state index in [9.17, 15) is 30.6 Å². The lowest BCUT2D eigenvalue weighted by Gasteiger charge is -2.44. The smallest absolute Gasteiger partial charge is 0.189 e. The maximum Gasteiger partial charge on any atom is 0.189 e. The van der Waals surface area contributed by atoms with Crippen molar-refractivity contribution in [2.45, 2.75) is 61.4 Å². The molecule has 144 valence electrons. The Kier molecular flexibility index (Phi) is 6.90. The average molecular weight is 367 g/mol. The molecule has 0 spiro atoms. The molecule has 25 heavy (non-hydrogen) atoms. The van der Waals surface area contributed by atoms with Gasteiger partial charge in [-0.05, 0) is 5.53 Å². The topological polar surface area (TPSA) is 218 Å². The van der Waals surface area contributed by atoms with Crippen molar-refractivity contribution in [2.75, 3.05) is 13.2 Å². The van der Waals surface area contributed by atoms with E-state index < -0.39 is 68.0 Å². The molecule has 13 nitrogen and oxygen atoms in total. The van der Waals surface area contributed by atoms with Crippen LogP contribution in [0.5, 0.6) is 0 Å². The van der Waals surface area contributed by atoms with Crippen molar-refractivity contribution in [3.8, 4) is 0 Å². The van der Waals surface area contributed by atoms with Gasteiger partial charge in [0.1, 0.15) is 42.7 Å². The highest BCUT2D eigenvalue weighted by molar-refractivity contribution is 4.92. The van der Waals surface area contributed by atoms with Crippen LogP contribution in [0.25, 0.3) is 10.4 Å². The van der Waals surface area contributed by atoms with Gasteiger partial charge in [-0.1, -0.05) is 5.11 Å². The minimum absolute atomic E-state index is 0.365. The van der Waals surface area contributed by atoms with Gasteiger partial charge >= 0.3 is 0 Å². The van der Waals surface area contributed by atoms with Gasteiger partial charge in [-0.3, -0.25) is 0 Å². The summed E-state index contributed by atoms with van der Waals surface area (Å²) in [4.78, 5) is 2.50. The highest BCUT2D eigenvalue weighted by atomic mass is 16.8. The number of hydrogen-bond acceptors (Lipinski definition) is 11. The monoisotopic (exact) mass is 367 g/mol. The average Bonchev–Trinajstić information content (AvgIpc) is 2.61. The normalized spacial score (nSPS) is 48.0. The molecule has 0 radical (unpaired) electrons. The molecule has 0 aromatic carbocycles. The molecule has 0 aliphatic carbocycles. The fraction of sp³-hybridized carbons (Fsp3) is 1.00. The lowest BCUT2D eigenvalue weighted by Crippen LogP contribution is -2.63. The predicted octanol–water partition coefficient (Wildman–Crippen LogP) is -4.08. The van der Waals surface area contributed by atoms with Crippen molar-refractivity contribution >= 4 is 0 Å². The highest BCUT2D eigenvalue weighted by Crippen LogP contribution is 2.28. The van der Waals surface area contributed by atoms with Gasteiger partial charge in [0.15, 0.2) is 12.6 Å². The van der Waals surface area contributed by atoms with E-state index in [1.165, 1.54) is 0 Å². The zero-order valence-corrected chi connectivity index (χ0v) is 12.9. The van der Waals surface area contributed by atoms with Crippen molar-refractivity contribution in [1.29, 1.82) is 0 Å². The summed E-state index contributed by atoms with van der Waals surface area (Å²) in [6.07, 6.45) is -15.7. The molecule has 0 aromatic rings. The molecule has 7 N–H and O–H groups in total. The first kappa shape index (κ1) is 20.2. The summed E-state index contributed by atoms with van der Waals surface area (Å²) in [5.74, 6) is 0. The summed E-state index contributed by atoms with van der Waals surface area (Å²) >= 11 is 0. The van der Waals surface area contributed by atoms with Crippen LogP contribution >= 0.6 is 0 Å². The van der Waals surface area contributed by atoms with Gasteiger partial charge in [0, 0.05) is 4.91 Å². The standard InChI is InChI=1S/C12H21N3O10/c13-15-14-1-3-5(17)7(19)9(21)11(23-3)25-12-10(22)8(20)6(18)4(2-16)24-12/h3-12,16-22H,1-2H2/t3?,4?,5-,6-,7+,8?,9?,10-,11-,12-/m1/s1. The van der Waals surface area contributed by atoms with Crippen LogP contribution in [0.2, 0.25) is 0 Å². The summed E-state index contributed by atoms with van der Waals surface area (Å²) in [7, 11) is 0. The van der Waals surface area contributed by atoms with Gasteiger partial charge in [-0.2, -0.15) is 0 Å². The van der Waals surface area contributed by atoms with E-state index in [1.54, 1.807) is 0 Å². The quantitative estimate of drug-likeness (QED) is 0.141. The predicted molar refractivity (Wildman–Crippen MR) is 75.5 cm³/mol. The molecule has 2 saturated heterocycles. The third-order valence-corrected chi connectivity index (χ3v) is 4.11. The fourth-order valence-electron chi connectivity index (χ4n) is 2.61. The molecule has 0 amide bonds. The number of rotatable bonds is 5. The highest BCUT2D eigenvalue weighted by Gasteiger charge is 2.49. The van der Waals surface area contributed by atoms with Gasteiger partial charge in [-0.25, -0.2) is 0 Å². The molecule has 2 aliphatic rings. The van der Waals surface area contributed by atoms with Gasteiger partial charge < -0.3 is 50.0 Å². The van der Waals surface area contributed by atoms with E-state index in [1.807, 2.05) is 0 Å². The maximum atomic E-state index is 9.95. The number of aliphatic hydroxyl groups is 7. The van der Waals surface area contributed by atoms with Crippen LogP contribution in [0, 0.1) is 0 Å². The van der Waals surface area contributed by atoms with E-state index in [0.717, 1.165) is 0 Å². The Bertz CT molecular complexity index is 490. The first-order valence-electron chi connectivity index (χ1n) is 7.48. The number of ether oxygens (including phenoxy) is 3. The molecule has 4 unspecified atom stereocenters. The Morgan fingerprint density at radius 2 is 1.28 bits per heavy atom. The molecule has 2 rings (SSSR count). The molecule has 0 saturated carbocycles. The molecular formula is C12H21N3O10. The Morgan fingerprint density at radius 1 is 0.800 bits per heavy atom. The van der Waals surface area contributed by atoms with Crippen molar-refractivity contribution < 1.29 is 50.0 Å². The lowest BCUT2D eigenvalue weighted by atomic mass is 9.98. The van der Waals surface area contributed by atoms with Crippen LogP contribution in [0.3, 0.4) is 0 Å². The van der Waals surface area contributed by atoms with Crippen molar-refractivity contribution in [3.05, 3.63) is 10.4 Å². The summed E-state index contributed by atoms with van der Waals surface area (Å²) in [6, 6.07) is 0. The molecule has 0 bridgehead atoms. The SMILES string of the molecule is [N-]=[N+]=NCC1O[C@H](O[C@H]2OC(CO)[C@@H](O)C(O)[C@H]2O)C(O)[C@@H](O)[C@@H]1O. The molecular weight excluding hydrogens is 346 g/mol. The van der Waals surface area contributed by atoms with Crippen LogP contribution in [-0.4, -0.2) is 110 Å². The second-order valence-corrected chi connectivity index (χ2v) is 5.76. The summed E-state index contributed by atoms with van der Waals surface area (Å²) in [5, 5.41) is 71.2. The second-order valence-electron chi connectivity index (χ2n) is 5.76. The third-order valence-electron chi connectivity index (χ3n) is 4.11. The third kappa shape index (κ3) is 4.19. The van der Waals surface area contributed by atoms with Crippen molar-refractivity contribution in [1.82, 2.24) is 0 Å². The van der Waals surface area contributed by atoms with Crippen LogP contribution in [-0.2, 0) is 14.2 Å². The summed E-state index contributed by atoms with van der Waals surface area (Å²) in [5.41, 5.74) is 8.32. The van der Waals surface area contributed by atoms with E-state index in [0.29, 0.717) is 0 Å². The molecule has 10 atom stereocenters. The summed E-state index contributed by atoms with van der Waals surface area (Å²) < 4.78 is 15.5.